The largest absolute Gasteiger partial charge is 0.496 e. The molecule has 3 rings (SSSR count). The van der Waals surface area contributed by atoms with Gasteiger partial charge in [0.2, 0.25) is 0 Å². The Bertz CT molecular complexity index is 432. The van der Waals surface area contributed by atoms with Crippen molar-refractivity contribution in [2.45, 2.75) is 12.1 Å². The molecule has 0 bridgehead atoms. The molecular weight excluding hydrogens is 244 g/mol. The van der Waals surface area contributed by atoms with Crippen molar-refractivity contribution in [1.82, 2.24) is 4.90 Å². The first-order valence-corrected chi connectivity index (χ1v) is 6.68. The molecule has 0 aliphatic carbocycles. The number of methoxy groups -OCH3 is 1. The summed E-state index contributed by atoms with van der Waals surface area (Å²) in [6, 6.07) is 6.00. The highest BCUT2D eigenvalue weighted by Gasteiger charge is 2.36. The summed E-state index contributed by atoms with van der Waals surface area (Å²) in [4.78, 5) is 2.37. The van der Waals surface area contributed by atoms with Gasteiger partial charge in [-0.25, -0.2) is 0 Å². The van der Waals surface area contributed by atoms with Crippen molar-refractivity contribution in [2.75, 3.05) is 40.0 Å². The van der Waals surface area contributed by atoms with Crippen LogP contribution in [0, 0.1) is 0 Å². The van der Waals surface area contributed by atoms with Crippen LogP contribution in [0.4, 0.5) is 0 Å². The molecule has 1 aromatic carbocycles. The maximum Gasteiger partial charge on any atom is 0.127 e. The summed E-state index contributed by atoms with van der Waals surface area (Å²) in [5.41, 5.74) is 7.36. The number of ether oxygens (including phenoxy) is 3. The number of fused-ring (bicyclic) bond motifs is 1. The number of benzene rings is 1. The second kappa shape index (κ2) is 5.36. The van der Waals surface area contributed by atoms with Crippen LogP contribution in [0.1, 0.15) is 11.6 Å². The van der Waals surface area contributed by atoms with Crippen LogP contribution in [-0.4, -0.2) is 51.0 Å². The van der Waals surface area contributed by atoms with Gasteiger partial charge in [0.15, 0.2) is 0 Å². The highest BCUT2D eigenvalue weighted by atomic mass is 16.5. The van der Waals surface area contributed by atoms with Crippen LogP contribution in [0.5, 0.6) is 11.5 Å². The molecule has 1 aromatic rings. The molecule has 2 aliphatic rings. The van der Waals surface area contributed by atoms with Gasteiger partial charge in [-0.2, -0.15) is 0 Å². The maximum atomic E-state index is 6.29. The zero-order chi connectivity index (χ0) is 13.2. The summed E-state index contributed by atoms with van der Waals surface area (Å²) in [5.74, 6) is 1.74. The Balaban J connectivity index is 1.99. The Morgan fingerprint density at radius 1 is 1.32 bits per heavy atom. The first-order chi connectivity index (χ1) is 9.31. The van der Waals surface area contributed by atoms with E-state index in [2.05, 4.69) is 4.90 Å². The monoisotopic (exact) mass is 264 g/mol. The molecule has 0 spiro atoms. The molecule has 5 heteroatoms. The van der Waals surface area contributed by atoms with Crippen LogP contribution in [-0.2, 0) is 4.74 Å². The molecule has 5 nitrogen and oxygen atoms in total. The minimum Gasteiger partial charge on any atom is -0.496 e. The first-order valence-electron chi connectivity index (χ1n) is 6.68. The van der Waals surface area contributed by atoms with Gasteiger partial charge in [-0.3, -0.25) is 4.90 Å². The van der Waals surface area contributed by atoms with Gasteiger partial charge in [0.05, 0.1) is 38.0 Å². The average Bonchev–Trinajstić information content (AvgIpc) is 2.47. The zero-order valence-electron chi connectivity index (χ0n) is 11.2. The number of nitrogens with two attached hydrogens (primary N) is 1. The van der Waals surface area contributed by atoms with E-state index in [1.165, 1.54) is 0 Å². The van der Waals surface area contributed by atoms with Crippen LogP contribution in [0.15, 0.2) is 18.2 Å². The fourth-order valence-corrected chi connectivity index (χ4v) is 2.92. The normalized spacial score (nSPS) is 27.5. The number of hydrogen-bond acceptors (Lipinski definition) is 5. The molecule has 0 aromatic heterocycles. The number of hydrogen-bond donors (Lipinski definition) is 1. The minimum atomic E-state index is -0.0399. The van der Waals surface area contributed by atoms with Crippen molar-refractivity contribution in [3.8, 4) is 11.5 Å². The summed E-state index contributed by atoms with van der Waals surface area (Å²) in [6.45, 7) is 3.86. The van der Waals surface area contributed by atoms with Crippen molar-refractivity contribution in [1.29, 1.82) is 0 Å². The zero-order valence-corrected chi connectivity index (χ0v) is 11.2. The van der Waals surface area contributed by atoms with E-state index < -0.39 is 0 Å². The summed E-state index contributed by atoms with van der Waals surface area (Å²) in [5, 5.41) is 0. The Kier molecular flexibility index (Phi) is 3.59. The van der Waals surface area contributed by atoms with Gasteiger partial charge in [0.1, 0.15) is 18.1 Å². The van der Waals surface area contributed by atoms with Crippen LogP contribution in [0.25, 0.3) is 0 Å². The molecule has 2 unspecified atom stereocenters. The minimum absolute atomic E-state index is 0.0399. The Morgan fingerprint density at radius 2 is 2.11 bits per heavy atom. The lowest BCUT2D eigenvalue weighted by molar-refractivity contribution is 0.000734. The van der Waals surface area contributed by atoms with E-state index in [0.29, 0.717) is 6.61 Å². The topological polar surface area (TPSA) is 57.0 Å². The van der Waals surface area contributed by atoms with Gasteiger partial charge in [-0.1, -0.05) is 6.07 Å². The molecule has 0 amide bonds. The van der Waals surface area contributed by atoms with E-state index in [9.17, 15) is 0 Å². The molecule has 19 heavy (non-hydrogen) atoms. The smallest absolute Gasteiger partial charge is 0.127 e. The van der Waals surface area contributed by atoms with Crippen LogP contribution >= 0.6 is 0 Å². The van der Waals surface area contributed by atoms with Gasteiger partial charge in [-0.05, 0) is 12.1 Å². The fourth-order valence-electron chi connectivity index (χ4n) is 2.92. The lowest BCUT2D eigenvalue weighted by Gasteiger charge is -2.41. The first kappa shape index (κ1) is 12.7. The fraction of sp³-hybridized carbons (Fsp3) is 0.571. The molecule has 0 radical (unpaired) electrons. The summed E-state index contributed by atoms with van der Waals surface area (Å²) in [6.07, 6.45) is 0. The molecular formula is C14H20N2O3. The molecule has 2 heterocycles. The van der Waals surface area contributed by atoms with Crippen LogP contribution in [0.3, 0.4) is 0 Å². The summed E-state index contributed by atoms with van der Waals surface area (Å²) in [7, 11) is 1.69. The lowest BCUT2D eigenvalue weighted by atomic mass is 9.94. The summed E-state index contributed by atoms with van der Waals surface area (Å²) >= 11 is 0. The highest BCUT2D eigenvalue weighted by Crippen LogP contribution is 2.41. The van der Waals surface area contributed by atoms with Crippen LogP contribution in [0.2, 0.25) is 0 Å². The molecule has 104 valence electrons. The third-order valence-corrected chi connectivity index (χ3v) is 3.82. The number of rotatable bonds is 2. The molecule has 2 N–H and O–H groups in total. The number of nitrogens with zero attached hydrogens (tertiary/aromatic N) is 1. The standard InChI is InChI=1S/C14H20N2O3/c1-17-11-3-2-4-12-13(11)14(10(15)9-19-12)16-5-7-18-8-6-16/h2-4,10,14H,5-9,15H2,1H3. The molecule has 2 aliphatic heterocycles. The predicted octanol–water partition coefficient (Wildman–Crippen LogP) is 0.788. The quantitative estimate of drug-likeness (QED) is 0.856. The second-order valence-electron chi connectivity index (χ2n) is 4.94. The van der Waals surface area contributed by atoms with E-state index >= 15 is 0 Å². The third-order valence-electron chi connectivity index (χ3n) is 3.82. The maximum absolute atomic E-state index is 6.29. The van der Waals surface area contributed by atoms with Crippen LogP contribution < -0.4 is 15.2 Å². The Hall–Kier alpha value is -1.30. The Morgan fingerprint density at radius 3 is 2.84 bits per heavy atom. The van der Waals surface area contributed by atoms with E-state index in [1.807, 2.05) is 18.2 Å². The lowest BCUT2D eigenvalue weighted by Crippen LogP contribution is -2.50. The van der Waals surface area contributed by atoms with Gasteiger partial charge in [0, 0.05) is 13.1 Å². The highest BCUT2D eigenvalue weighted by molar-refractivity contribution is 5.49. The number of morpholine rings is 1. The van der Waals surface area contributed by atoms with Crippen molar-refractivity contribution in [2.24, 2.45) is 5.73 Å². The van der Waals surface area contributed by atoms with Crippen molar-refractivity contribution in [3.05, 3.63) is 23.8 Å². The van der Waals surface area contributed by atoms with Crippen molar-refractivity contribution >= 4 is 0 Å². The third kappa shape index (κ3) is 2.29. The van der Waals surface area contributed by atoms with Gasteiger partial charge in [0.25, 0.3) is 0 Å². The van der Waals surface area contributed by atoms with E-state index in [4.69, 9.17) is 19.9 Å². The predicted molar refractivity (Wildman–Crippen MR) is 71.6 cm³/mol. The van der Waals surface area contributed by atoms with Crippen molar-refractivity contribution < 1.29 is 14.2 Å². The summed E-state index contributed by atoms with van der Waals surface area (Å²) < 4.78 is 16.7. The van der Waals surface area contributed by atoms with Gasteiger partial charge >= 0.3 is 0 Å². The van der Waals surface area contributed by atoms with Gasteiger partial charge in [-0.15, -0.1) is 0 Å². The van der Waals surface area contributed by atoms with Crippen molar-refractivity contribution in [3.63, 3.8) is 0 Å². The molecule has 1 saturated heterocycles. The van der Waals surface area contributed by atoms with E-state index in [-0.39, 0.29) is 12.1 Å². The van der Waals surface area contributed by atoms with E-state index in [1.54, 1.807) is 7.11 Å². The molecule has 0 saturated carbocycles. The van der Waals surface area contributed by atoms with E-state index in [0.717, 1.165) is 43.4 Å². The molecule has 2 atom stereocenters. The average molecular weight is 264 g/mol. The van der Waals surface area contributed by atoms with Gasteiger partial charge < -0.3 is 19.9 Å². The molecule has 1 fully saturated rings. The second-order valence-corrected chi connectivity index (χ2v) is 4.94. The SMILES string of the molecule is COc1cccc2c1C(N1CCOCC1)C(N)CO2. The Labute approximate surface area is 113 Å².